The summed E-state index contributed by atoms with van der Waals surface area (Å²) in [7, 11) is 1.71. The van der Waals surface area contributed by atoms with Crippen LogP contribution in [-0.4, -0.2) is 46.1 Å². The smallest absolute Gasteiger partial charge is 0.246 e. The second-order valence-corrected chi connectivity index (χ2v) is 6.16. The van der Waals surface area contributed by atoms with Gasteiger partial charge in [0.15, 0.2) is 0 Å². The fourth-order valence-electron chi connectivity index (χ4n) is 2.63. The Morgan fingerprint density at radius 3 is 2.69 bits per heavy atom. The highest BCUT2D eigenvalue weighted by atomic mass is 16.5. The fraction of sp³-hybridized carbons (Fsp3) is 0.316. The third-order valence-electron chi connectivity index (χ3n) is 3.97. The Hall–Kier alpha value is -2.93. The number of methoxy groups -OCH3 is 1. The van der Waals surface area contributed by atoms with E-state index in [0.717, 1.165) is 23.7 Å². The van der Waals surface area contributed by atoms with Gasteiger partial charge in [-0.15, -0.1) is 5.10 Å². The standard InChI is InChI=1S/C19H24N6O/c1-15(2)24(11-12-26-3)18-13-17(9-10-20-18)25-14-21-19(23-25)22-16-7-5-4-6-8-16/h4-10,13-15H,11-12H2,1-3H3,(H,22,23). The maximum absolute atomic E-state index is 5.21. The maximum atomic E-state index is 5.21. The number of anilines is 3. The molecule has 3 aromatic rings. The minimum absolute atomic E-state index is 0.318. The van der Waals surface area contributed by atoms with E-state index in [4.69, 9.17) is 4.74 Å². The van der Waals surface area contributed by atoms with Crippen molar-refractivity contribution in [3.8, 4) is 5.69 Å². The molecule has 3 rings (SSSR count). The third-order valence-corrected chi connectivity index (χ3v) is 3.97. The second kappa shape index (κ2) is 8.44. The van der Waals surface area contributed by atoms with Crippen LogP contribution in [0, 0.1) is 0 Å². The molecule has 0 amide bonds. The van der Waals surface area contributed by atoms with E-state index >= 15 is 0 Å². The molecule has 0 fully saturated rings. The Labute approximate surface area is 153 Å². The van der Waals surface area contributed by atoms with Gasteiger partial charge in [0.1, 0.15) is 12.1 Å². The zero-order chi connectivity index (χ0) is 18.4. The molecule has 0 aliphatic carbocycles. The lowest BCUT2D eigenvalue weighted by Gasteiger charge is -2.27. The summed E-state index contributed by atoms with van der Waals surface area (Å²) >= 11 is 0. The van der Waals surface area contributed by atoms with Gasteiger partial charge in [-0.3, -0.25) is 0 Å². The summed E-state index contributed by atoms with van der Waals surface area (Å²) in [4.78, 5) is 11.0. The predicted octanol–water partition coefficient (Wildman–Crippen LogP) is 3.27. The van der Waals surface area contributed by atoms with Crippen molar-refractivity contribution in [1.82, 2.24) is 19.7 Å². The van der Waals surface area contributed by atoms with E-state index in [1.807, 2.05) is 42.5 Å². The molecule has 2 heterocycles. The molecule has 0 spiro atoms. The third kappa shape index (κ3) is 4.37. The van der Waals surface area contributed by atoms with Crippen molar-refractivity contribution in [3.05, 3.63) is 55.0 Å². The SMILES string of the molecule is COCCN(c1cc(-n2cnc(Nc3ccccc3)n2)ccn1)C(C)C. The second-order valence-electron chi connectivity index (χ2n) is 6.16. The van der Waals surface area contributed by atoms with Gasteiger partial charge in [-0.05, 0) is 32.0 Å². The van der Waals surface area contributed by atoms with E-state index in [1.54, 1.807) is 24.3 Å². The molecular formula is C19H24N6O. The van der Waals surface area contributed by atoms with Crippen molar-refractivity contribution in [1.29, 1.82) is 0 Å². The fourth-order valence-corrected chi connectivity index (χ4v) is 2.63. The van der Waals surface area contributed by atoms with Crippen molar-refractivity contribution in [3.63, 3.8) is 0 Å². The Balaban J connectivity index is 1.79. The molecule has 7 heteroatoms. The van der Waals surface area contributed by atoms with Gasteiger partial charge in [0.05, 0.1) is 12.3 Å². The van der Waals surface area contributed by atoms with Crippen LogP contribution in [0.1, 0.15) is 13.8 Å². The summed E-state index contributed by atoms with van der Waals surface area (Å²) < 4.78 is 6.95. The van der Waals surface area contributed by atoms with E-state index in [1.165, 1.54) is 0 Å². The Morgan fingerprint density at radius 1 is 1.15 bits per heavy atom. The average molecular weight is 352 g/mol. The first-order chi connectivity index (χ1) is 12.7. The molecule has 1 N–H and O–H groups in total. The number of para-hydroxylation sites is 1. The highest BCUT2D eigenvalue weighted by Gasteiger charge is 2.13. The number of aromatic nitrogens is 4. The van der Waals surface area contributed by atoms with Crippen LogP contribution in [0.15, 0.2) is 55.0 Å². The van der Waals surface area contributed by atoms with Gasteiger partial charge in [0, 0.05) is 37.6 Å². The molecule has 0 radical (unpaired) electrons. The summed E-state index contributed by atoms with van der Waals surface area (Å²) in [6, 6.07) is 14.1. The summed E-state index contributed by atoms with van der Waals surface area (Å²) in [6.45, 7) is 5.71. The highest BCUT2D eigenvalue weighted by molar-refractivity contribution is 5.53. The number of hydrogen-bond donors (Lipinski definition) is 1. The van der Waals surface area contributed by atoms with E-state index in [9.17, 15) is 0 Å². The Kier molecular flexibility index (Phi) is 5.80. The zero-order valence-electron chi connectivity index (χ0n) is 15.3. The monoisotopic (exact) mass is 352 g/mol. The molecule has 0 atom stereocenters. The molecule has 136 valence electrons. The van der Waals surface area contributed by atoms with Gasteiger partial charge >= 0.3 is 0 Å². The lowest BCUT2D eigenvalue weighted by atomic mass is 10.3. The number of nitrogens with zero attached hydrogens (tertiary/aromatic N) is 5. The van der Waals surface area contributed by atoms with Crippen molar-refractivity contribution in [2.75, 3.05) is 30.5 Å². The van der Waals surface area contributed by atoms with Crippen LogP contribution in [-0.2, 0) is 4.74 Å². The van der Waals surface area contributed by atoms with E-state index < -0.39 is 0 Å². The van der Waals surface area contributed by atoms with Crippen molar-refractivity contribution >= 4 is 17.5 Å². The van der Waals surface area contributed by atoms with Gasteiger partial charge < -0.3 is 15.0 Å². The average Bonchev–Trinajstić information content (AvgIpc) is 3.11. The quantitative estimate of drug-likeness (QED) is 0.671. The van der Waals surface area contributed by atoms with Crippen LogP contribution in [0.25, 0.3) is 5.69 Å². The number of ether oxygens (including phenoxy) is 1. The number of rotatable bonds is 8. The van der Waals surface area contributed by atoms with Gasteiger partial charge in [-0.1, -0.05) is 18.2 Å². The van der Waals surface area contributed by atoms with Crippen LogP contribution < -0.4 is 10.2 Å². The first-order valence-electron chi connectivity index (χ1n) is 8.63. The molecule has 0 saturated carbocycles. The van der Waals surface area contributed by atoms with Crippen LogP contribution in [0.4, 0.5) is 17.5 Å². The zero-order valence-corrected chi connectivity index (χ0v) is 15.3. The minimum Gasteiger partial charge on any atom is -0.383 e. The van der Waals surface area contributed by atoms with E-state index in [2.05, 4.69) is 39.1 Å². The van der Waals surface area contributed by atoms with Crippen LogP contribution in [0.2, 0.25) is 0 Å². The van der Waals surface area contributed by atoms with E-state index in [-0.39, 0.29) is 0 Å². The highest BCUT2D eigenvalue weighted by Crippen LogP contribution is 2.19. The van der Waals surface area contributed by atoms with Crippen LogP contribution >= 0.6 is 0 Å². The molecule has 26 heavy (non-hydrogen) atoms. The first-order valence-corrected chi connectivity index (χ1v) is 8.63. The van der Waals surface area contributed by atoms with Crippen LogP contribution in [0.5, 0.6) is 0 Å². The summed E-state index contributed by atoms with van der Waals surface area (Å²) in [6.07, 6.45) is 3.48. The Morgan fingerprint density at radius 2 is 1.96 bits per heavy atom. The molecule has 0 aliphatic heterocycles. The largest absolute Gasteiger partial charge is 0.383 e. The molecular weight excluding hydrogens is 328 g/mol. The number of pyridine rings is 1. The van der Waals surface area contributed by atoms with Gasteiger partial charge in [0.25, 0.3) is 0 Å². The molecule has 0 bridgehead atoms. The van der Waals surface area contributed by atoms with Gasteiger partial charge in [-0.2, -0.15) is 4.98 Å². The molecule has 2 aromatic heterocycles. The lowest BCUT2D eigenvalue weighted by Crippen LogP contribution is -2.34. The van der Waals surface area contributed by atoms with Crippen molar-refractivity contribution in [2.45, 2.75) is 19.9 Å². The topological polar surface area (TPSA) is 68.1 Å². The molecule has 0 saturated heterocycles. The normalized spacial score (nSPS) is 10.9. The number of nitrogens with one attached hydrogen (secondary N) is 1. The lowest BCUT2D eigenvalue weighted by molar-refractivity contribution is 0.203. The predicted molar refractivity (Wildman–Crippen MR) is 103 cm³/mol. The number of hydrogen-bond acceptors (Lipinski definition) is 6. The summed E-state index contributed by atoms with van der Waals surface area (Å²) in [5, 5.41) is 7.70. The molecule has 0 unspecified atom stereocenters. The molecule has 1 aromatic carbocycles. The maximum Gasteiger partial charge on any atom is 0.246 e. The van der Waals surface area contributed by atoms with Gasteiger partial charge in [0.2, 0.25) is 5.95 Å². The molecule has 0 aliphatic rings. The van der Waals surface area contributed by atoms with Gasteiger partial charge in [-0.25, -0.2) is 9.67 Å². The minimum atomic E-state index is 0.318. The Bertz CT molecular complexity index is 818. The first kappa shape index (κ1) is 17.9. The van der Waals surface area contributed by atoms with Crippen molar-refractivity contribution in [2.24, 2.45) is 0 Å². The van der Waals surface area contributed by atoms with E-state index in [0.29, 0.717) is 18.6 Å². The van der Waals surface area contributed by atoms with Crippen molar-refractivity contribution < 1.29 is 4.74 Å². The molecule has 7 nitrogen and oxygen atoms in total. The number of benzene rings is 1. The van der Waals surface area contributed by atoms with Crippen LogP contribution in [0.3, 0.4) is 0 Å². The summed E-state index contributed by atoms with van der Waals surface area (Å²) in [5.74, 6) is 1.44. The summed E-state index contributed by atoms with van der Waals surface area (Å²) in [5.41, 5.74) is 1.86.